The maximum Gasteiger partial charge on any atom is 0.174 e. The van der Waals surface area contributed by atoms with Gasteiger partial charge in [-0.3, -0.25) is 4.98 Å². The second-order valence-electron chi connectivity index (χ2n) is 7.62. The Hall–Kier alpha value is -2.96. The van der Waals surface area contributed by atoms with Crippen LogP contribution < -0.4 is 10.2 Å². The van der Waals surface area contributed by atoms with Gasteiger partial charge >= 0.3 is 0 Å². The Bertz CT molecular complexity index is 1220. The van der Waals surface area contributed by atoms with E-state index in [0.29, 0.717) is 5.11 Å². The molecule has 2 aromatic carbocycles. The first kappa shape index (κ1) is 20.0. The molecule has 1 aliphatic rings. The van der Waals surface area contributed by atoms with Crippen LogP contribution in [0.2, 0.25) is 0 Å². The van der Waals surface area contributed by atoms with E-state index in [2.05, 4.69) is 103 Å². The zero-order valence-corrected chi connectivity index (χ0v) is 19.3. The third kappa shape index (κ3) is 3.77. The molecule has 0 spiro atoms. The summed E-state index contributed by atoms with van der Waals surface area (Å²) >= 11 is 9.37. The number of aromatic nitrogens is 2. The lowest BCUT2D eigenvalue weighted by atomic mass is 10.0. The summed E-state index contributed by atoms with van der Waals surface area (Å²) in [5.41, 5.74) is 5.51. The van der Waals surface area contributed by atoms with E-state index < -0.39 is 0 Å². The summed E-state index contributed by atoms with van der Waals surface area (Å²) in [6.45, 7) is 2.11. The van der Waals surface area contributed by atoms with Crippen molar-refractivity contribution in [2.24, 2.45) is 0 Å². The van der Waals surface area contributed by atoms with Crippen LogP contribution in [-0.2, 0) is 0 Å². The summed E-state index contributed by atoms with van der Waals surface area (Å²) in [5.74, 6) is 0. The summed E-state index contributed by atoms with van der Waals surface area (Å²) in [5, 5.41) is 4.23. The molecule has 4 aromatic rings. The normalized spacial score (nSPS) is 18.3. The molecule has 4 nitrogen and oxygen atoms in total. The highest BCUT2D eigenvalue weighted by atomic mass is 79.9. The maximum absolute atomic E-state index is 5.83. The Labute approximate surface area is 195 Å². The van der Waals surface area contributed by atoms with E-state index in [1.165, 1.54) is 5.56 Å². The zero-order valence-electron chi connectivity index (χ0n) is 16.9. The van der Waals surface area contributed by atoms with Crippen molar-refractivity contribution in [2.75, 3.05) is 4.90 Å². The lowest BCUT2D eigenvalue weighted by Gasteiger charge is -2.29. The molecule has 31 heavy (non-hydrogen) atoms. The SMILES string of the molecule is Cc1cccc(-n2cccc2C2C(c3ccccn3)NC(=S)N2c2ccc(Br)cc2)c1. The highest BCUT2D eigenvalue weighted by Crippen LogP contribution is 2.42. The van der Waals surface area contributed by atoms with Gasteiger partial charge in [-0.25, -0.2) is 0 Å². The lowest BCUT2D eigenvalue weighted by molar-refractivity contribution is 0.549. The fourth-order valence-electron chi connectivity index (χ4n) is 4.18. The van der Waals surface area contributed by atoms with Crippen molar-refractivity contribution >= 4 is 38.9 Å². The summed E-state index contributed by atoms with van der Waals surface area (Å²) in [7, 11) is 0. The topological polar surface area (TPSA) is 33.1 Å². The Morgan fingerprint density at radius 3 is 2.52 bits per heavy atom. The Kier molecular flexibility index (Phi) is 5.34. The molecule has 1 N–H and O–H groups in total. The number of anilines is 1. The van der Waals surface area contributed by atoms with Crippen LogP contribution in [0, 0.1) is 6.92 Å². The van der Waals surface area contributed by atoms with Crippen molar-refractivity contribution in [3.63, 3.8) is 0 Å². The van der Waals surface area contributed by atoms with Crippen molar-refractivity contribution in [2.45, 2.75) is 19.0 Å². The second-order valence-corrected chi connectivity index (χ2v) is 8.92. The van der Waals surface area contributed by atoms with Gasteiger partial charge in [0.2, 0.25) is 0 Å². The molecule has 6 heteroatoms. The molecule has 1 saturated heterocycles. The van der Waals surface area contributed by atoms with E-state index in [1.54, 1.807) is 0 Å². The fraction of sp³-hybridized carbons (Fsp3) is 0.120. The molecule has 1 aliphatic heterocycles. The van der Waals surface area contributed by atoms with Crippen LogP contribution in [0.3, 0.4) is 0 Å². The number of benzene rings is 2. The summed E-state index contributed by atoms with van der Waals surface area (Å²) < 4.78 is 3.28. The monoisotopic (exact) mass is 488 g/mol. The molecule has 2 aromatic heterocycles. The number of nitrogens with one attached hydrogen (secondary N) is 1. The highest BCUT2D eigenvalue weighted by molar-refractivity contribution is 9.10. The van der Waals surface area contributed by atoms with Crippen LogP contribution in [0.15, 0.2) is 95.7 Å². The molecular formula is C25H21BrN4S. The molecule has 0 aliphatic carbocycles. The standard InChI is InChI=1S/C25H21BrN4S/c1-17-6-4-7-20(16-17)29-15-5-9-22(29)24-23(21-8-2-3-14-27-21)28-25(31)30(24)19-12-10-18(26)11-13-19/h2-16,23-24H,1H3,(H,28,31). The van der Waals surface area contributed by atoms with Gasteiger partial charge in [0.25, 0.3) is 0 Å². The number of rotatable bonds is 4. The first-order chi connectivity index (χ1) is 15.1. The minimum atomic E-state index is -0.0733. The Balaban J connectivity index is 1.67. The third-order valence-electron chi connectivity index (χ3n) is 5.57. The van der Waals surface area contributed by atoms with Gasteiger partial charge in [-0.1, -0.05) is 34.1 Å². The van der Waals surface area contributed by atoms with Gasteiger partial charge in [-0.05, 0) is 85.4 Å². The Morgan fingerprint density at radius 2 is 1.77 bits per heavy atom. The number of thiocarbonyl (C=S) groups is 1. The van der Waals surface area contributed by atoms with Crippen LogP contribution in [0.25, 0.3) is 5.69 Å². The molecule has 0 amide bonds. The van der Waals surface area contributed by atoms with Crippen LogP contribution in [-0.4, -0.2) is 14.7 Å². The molecule has 1 fully saturated rings. The van der Waals surface area contributed by atoms with Crippen molar-refractivity contribution in [3.8, 4) is 5.69 Å². The number of pyridine rings is 1. The predicted octanol–water partition coefficient (Wildman–Crippen LogP) is 6.12. The summed E-state index contributed by atoms with van der Waals surface area (Å²) in [6.07, 6.45) is 3.94. The van der Waals surface area contributed by atoms with E-state index in [0.717, 1.165) is 27.2 Å². The van der Waals surface area contributed by atoms with E-state index in [9.17, 15) is 0 Å². The zero-order chi connectivity index (χ0) is 21.4. The van der Waals surface area contributed by atoms with Crippen molar-refractivity contribution in [3.05, 3.63) is 113 Å². The maximum atomic E-state index is 5.83. The highest BCUT2D eigenvalue weighted by Gasteiger charge is 2.42. The van der Waals surface area contributed by atoms with Crippen LogP contribution in [0.1, 0.15) is 29.0 Å². The van der Waals surface area contributed by atoms with Gasteiger partial charge in [0.15, 0.2) is 5.11 Å². The van der Waals surface area contributed by atoms with Crippen molar-refractivity contribution in [1.29, 1.82) is 0 Å². The van der Waals surface area contributed by atoms with E-state index in [1.807, 2.05) is 30.5 Å². The smallest absolute Gasteiger partial charge is 0.174 e. The minimum Gasteiger partial charge on any atom is -0.351 e. The lowest BCUT2D eigenvalue weighted by Crippen LogP contribution is -2.30. The molecule has 2 atom stereocenters. The van der Waals surface area contributed by atoms with E-state index in [-0.39, 0.29) is 12.1 Å². The quantitative estimate of drug-likeness (QED) is 0.350. The van der Waals surface area contributed by atoms with Gasteiger partial charge in [0.1, 0.15) is 6.04 Å². The van der Waals surface area contributed by atoms with Crippen LogP contribution >= 0.6 is 28.1 Å². The molecule has 0 radical (unpaired) electrons. The van der Waals surface area contributed by atoms with Gasteiger partial charge in [-0.15, -0.1) is 0 Å². The first-order valence-corrected chi connectivity index (χ1v) is 11.3. The predicted molar refractivity (Wildman–Crippen MR) is 133 cm³/mol. The molecule has 0 bridgehead atoms. The summed E-state index contributed by atoms with van der Waals surface area (Å²) in [6, 6.07) is 27.0. The van der Waals surface area contributed by atoms with Gasteiger partial charge in [-0.2, -0.15) is 0 Å². The minimum absolute atomic E-state index is 0.0564. The summed E-state index contributed by atoms with van der Waals surface area (Å²) in [4.78, 5) is 6.85. The fourth-order valence-corrected chi connectivity index (χ4v) is 4.79. The Morgan fingerprint density at radius 1 is 0.935 bits per heavy atom. The van der Waals surface area contributed by atoms with Crippen molar-refractivity contribution in [1.82, 2.24) is 14.9 Å². The molecular weight excluding hydrogens is 468 g/mol. The van der Waals surface area contributed by atoms with E-state index >= 15 is 0 Å². The molecule has 154 valence electrons. The average Bonchev–Trinajstić information content (AvgIpc) is 3.39. The number of hydrogen-bond donors (Lipinski definition) is 1. The number of hydrogen-bond acceptors (Lipinski definition) is 2. The average molecular weight is 489 g/mol. The third-order valence-corrected chi connectivity index (χ3v) is 6.41. The number of halogens is 1. The van der Waals surface area contributed by atoms with Crippen LogP contribution in [0.4, 0.5) is 5.69 Å². The van der Waals surface area contributed by atoms with Crippen LogP contribution in [0.5, 0.6) is 0 Å². The van der Waals surface area contributed by atoms with E-state index in [4.69, 9.17) is 12.2 Å². The molecule has 3 heterocycles. The molecule has 5 rings (SSSR count). The number of aryl methyl sites for hydroxylation is 1. The van der Waals surface area contributed by atoms with Crippen molar-refractivity contribution < 1.29 is 0 Å². The first-order valence-electron chi connectivity index (χ1n) is 10.1. The van der Waals surface area contributed by atoms with Gasteiger partial charge in [0.05, 0.1) is 11.7 Å². The largest absolute Gasteiger partial charge is 0.351 e. The molecule has 0 saturated carbocycles. The number of nitrogens with zero attached hydrogens (tertiary/aromatic N) is 3. The molecule has 2 unspecified atom stereocenters. The second kappa shape index (κ2) is 8.29. The van der Waals surface area contributed by atoms with Gasteiger partial charge < -0.3 is 14.8 Å². The van der Waals surface area contributed by atoms with Gasteiger partial charge in [0, 0.05) is 33.9 Å².